The summed E-state index contributed by atoms with van der Waals surface area (Å²) in [5.41, 5.74) is 9.16. The van der Waals surface area contributed by atoms with Crippen molar-refractivity contribution in [3.8, 4) is 22.9 Å². The minimum atomic E-state index is 0.108. The number of aryl methyl sites for hydroxylation is 1. The summed E-state index contributed by atoms with van der Waals surface area (Å²) in [5, 5.41) is 0. The third-order valence-corrected chi connectivity index (χ3v) is 3.30. The maximum Gasteiger partial charge on any atom is 0.247 e. The summed E-state index contributed by atoms with van der Waals surface area (Å²) in [6.07, 6.45) is 1.64. The summed E-state index contributed by atoms with van der Waals surface area (Å²) in [6, 6.07) is 5.87. The van der Waals surface area contributed by atoms with Crippen molar-refractivity contribution < 1.29 is 9.47 Å². The summed E-state index contributed by atoms with van der Waals surface area (Å²) in [4.78, 5) is 17.1. The van der Waals surface area contributed by atoms with Crippen LogP contribution in [0.25, 0.3) is 22.4 Å². The lowest BCUT2D eigenvalue weighted by atomic mass is 10.1. The van der Waals surface area contributed by atoms with E-state index in [9.17, 15) is 0 Å². The lowest BCUT2D eigenvalue weighted by Gasteiger charge is -2.10. The molecule has 118 valence electrons. The zero-order chi connectivity index (χ0) is 16.4. The molecule has 0 unspecified atom stereocenters. The smallest absolute Gasteiger partial charge is 0.247 e. The quantitative estimate of drug-likeness (QED) is 0.790. The summed E-state index contributed by atoms with van der Waals surface area (Å²) >= 11 is 0. The van der Waals surface area contributed by atoms with Gasteiger partial charge in [0.05, 0.1) is 25.6 Å². The fourth-order valence-corrected chi connectivity index (χ4v) is 2.29. The molecule has 0 bridgehead atoms. The van der Waals surface area contributed by atoms with Gasteiger partial charge < -0.3 is 15.2 Å². The van der Waals surface area contributed by atoms with Crippen molar-refractivity contribution in [1.82, 2.24) is 19.9 Å². The molecule has 3 aromatic rings. The van der Waals surface area contributed by atoms with Crippen LogP contribution >= 0.6 is 0 Å². The molecule has 0 saturated heterocycles. The molecule has 7 heteroatoms. The maximum absolute atomic E-state index is 5.68. The molecule has 23 heavy (non-hydrogen) atoms. The highest BCUT2D eigenvalue weighted by atomic mass is 16.5. The number of hydrogen-bond acceptors (Lipinski definition) is 7. The van der Waals surface area contributed by atoms with E-state index in [0.29, 0.717) is 29.3 Å². The monoisotopic (exact) mass is 311 g/mol. The lowest BCUT2D eigenvalue weighted by Crippen LogP contribution is -2.04. The van der Waals surface area contributed by atoms with Gasteiger partial charge in [-0.2, -0.15) is 9.97 Å². The van der Waals surface area contributed by atoms with E-state index < -0.39 is 0 Å². The van der Waals surface area contributed by atoms with Crippen LogP contribution < -0.4 is 15.2 Å². The van der Waals surface area contributed by atoms with Crippen molar-refractivity contribution in [3.63, 3.8) is 0 Å². The Hall–Kier alpha value is -2.96. The van der Waals surface area contributed by atoms with Crippen LogP contribution in [0.15, 0.2) is 24.4 Å². The Bertz CT molecular complexity index is 866. The molecule has 0 atom stereocenters. The van der Waals surface area contributed by atoms with E-state index in [1.54, 1.807) is 13.3 Å². The van der Waals surface area contributed by atoms with Gasteiger partial charge in [-0.3, -0.25) is 0 Å². The number of nitrogen functional groups attached to an aromatic ring is 1. The van der Waals surface area contributed by atoms with Gasteiger partial charge in [-0.15, -0.1) is 0 Å². The first kappa shape index (κ1) is 15.0. The van der Waals surface area contributed by atoms with E-state index in [1.807, 2.05) is 32.0 Å². The first-order valence-corrected chi connectivity index (χ1v) is 7.20. The minimum absolute atomic E-state index is 0.108. The molecule has 3 rings (SSSR count). The number of hydrogen-bond donors (Lipinski definition) is 1. The van der Waals surface area contributed by atoms with E-state index in [1.165, 1.54) is 0 Å². The highest BCUT2D eigenvalue weighted by Gasteiger charge is 2.14. The number of aromatic nitrogens is 4. The molecule has 0 spiro atoms. The van der Waals surface area contributed by atoms with Crippen molar-refractivity contribution >= 4 is 17.1 Å². The molecule has 1 aromatic carbocycles. The SMILES string of the molecule is CCOc1nc(N)nc2ncc(-c3cc(C)ccc3OC)nc12. The average molecular weight is 311 g/mol. The lowest BCUT2D eigenvalue weighted by molar-refractivity contribution is 0.330. The van der Waals surface area contributed by atoms with E-state index in [0.717, 1.165) is 16.9 Å². The highest BCUT2D eigenvalue weighted by molar-refractivity contribution is 5.80. The van der Waals surface area contributed by atoms with Crippen LogP contribution in [0.1, 0.15) is 12.5 Å². The fraction of sp³-hybridized carbons (Fsp3) is 0.250. The second kappa shape index (κ2) is 6.04. The first-order chi connectivity index (χ1) is 11.1. The number of ether oxygens (including phenoxy) is 2. The topological polar surface area (TPSA) is 96.0 Å². The van der Waals surface area contributed by atoms with Gasteiger partial charge in [0.1, 0.15) is 5.75 Å². The Balaban J connectivity index is 2.22. The van der Waals surface area contributed by atoms with Gasteiger partial charge in [0.25, 0.3) is 0 Å². The fourth-order valence-electron chi connectivity index (χ4n) is 2.29. The van der Waals surface area contributed by atoms with E-state index in [2.05, 4.69) is 19.9 Å². The summed E-state index contributed by atoms with van der Waals surface area (Å²) in [5.74, 6) is 1.16. The van der Waals surface area contributed by atoms with Crippen LogP contribution in [-0.2, 0) is 0 Å². The van der Waals surface area contributed by atoms with Crippen molar-refractivity contribution in [2.24, 2.45) is 0 Å². The molecule has 0 saturated carbocycles. The van der Waals surface area contributed by atoms with Crippen LogP contribution in [0.5, 0.6) is 11.6 Å². The number of methoxy groups -OCH3 is 1. The number of fused-ring (bicyclic) bond motifs is 1. The molecule has 0 amide bonds. The molecule has 7 nitrogen and oxygen atoms in total. The predicted molar refractivity (Wildman–Crippen MR) is 87.4 cm³/mol. The Morgan fingerprint density at radius 1 is 1.17 bits per heavy atom. The van der Waals surface area contributed by atoms with E-state index >= 15 is 0 Å². The molecule has 0 fully saturated rings. The van der Waals surface area contributed by atoms with Crippen molar-refractivity contribution in [2.75, 3.05) is 19.5 Å². The van der Waals surface area contributed by atoms with Gasteiger partial charge in [0, 0.05) is 5.56 Å². The number of nitrogens with zero attached hydrogens (tertiary/aromatic N) is 4. The number of benzene rings is 1. The number of rotatable bonds is 4. The van der Waals surface area contributed by atoms with Crippen LogP contribution in [0.3, 0.4) is 0 Å². The molecular formula is C16H17N5O2. The Labute approximate surface area is 133 Å². The molecule has 2 aromatic heterocycles. The summed E-state index contributed by atoms with van der Waals surface area (Å²) < 4.78 is 10.9. The summed E-state index contributed by atoms with van der Waals surface area (Å²) in [7, 11) is 1.62. The second-order valence-electron chi connectivity index (χ2n) is 4.95. The molecule has 2 heterocycles. The summed E-state index contributed by atoms with van der Waals surface area (Å²) in [6.45, 7) is 4.32. The van der Waals surface area contributed by atoms with Gasteiger partial charge in [0.2, 0.25) is 11.8 Å². The van der Waals surface area contributed by atoms with Crippen LogP contribution in [0.4, 0.5) is 5.95 Å². The molecule has 2 N–H and O–H groups in total. The normalized spacial score (nSPS) is 10.7. The molecule has 0 aliphatic rings. The van der Waals surface area contributed by atoms with Gasteiger partial charge >= 0.3 is 0 Å². The number of nitrogens with two attached hydrogens (primary N) is 1. The third kappa shape index (κ3) is 2.85. The maximum atomic E-state index is 5.68. The van der Waals surface area contributed by atoms with Crippen molar-refractivity contribution in [2.45, 2.75) is 13.8 Å². The van der Waals surface area contributed by atoms with Gasteiger partial charge in [-0.1, -0.05) is 11.6 Å². The zero-order valence-corrected chi connectivity index (χ0v) is 13.2. The van der Waals surface area contributed by atoms with Crippen LogP contribution in [0, 0.1) is 6.92 Å². The Morgan fingerprint density at radius 2 is 2.00 bits per heavy atom. The average Bonchev–Trinajstić information content (AvgIpc) is 2.54. The molecule has 0 aliphatic carbocycles. The second-order valence-corrected chi connectivity index (χ2v) is 4.95. The predicted octanol–water partition coefficient (Wildman–Crippen LogP) is 2.38. The Morgan fingerprint density at radius 3 is 2.74 bits per heavy atom. The molecule has 0 aliphatic heterocycles. The molecule has 0 radical (unpaired) electrons. The minimum Gasteiger partial charge on any atom is -0.496 e. The van der Waals surface area contributed by atoms with Crippen LogP contribution in [-0.4, -0.2) is 33.7 Å². The third-order valence-electron chi connectivity index (χ3n) is 3.30. The Kier molecular flexibility index (Phi) is 3.92. The zero-order valence-electron chi connectivity index (χ0n) is 13.2. The van der Waals surface area contributed by atoms with Crippen molar-refractivity contribution in [3.05, 3.63) is 30.0 Å². The highest BCUT2D eigenvalue weighted by Crippen LogP contribution is 2.31. The van der Waals surface area contributed by atoms with Crippen LogP contribution in [0.2, 0.25) is 0 Å². The van der Waals surface area contributed by atoms with Gasteiger partial charge in [0.15, 0.2) is 11.2 Å². The van der Waals surface area contributed by atoms with E-state index in [-0.39, 0.29) is 5.95 Å². The largest absolute Gasteiger partial charge is 0.496 e. The number of anilines is 1. The van der Waals surface area contributed by atoms with Crippen molar-refractivity contribution in [1.29, 1.82) is 0 Å². The standard InChI is InChI=1S/C16H17N5O2/c1-4-23-15-13-14(20-16(17)21-15)18-8-11(19-13)10-7-9(2)5-6-12(10)22-3/h5-8H,4H2,1-3H3,(H2,17,18,20,21). The van der Waals surface area contributed by atoms with E-state index in [4.69, 9.17) is 15.2 Å². The van der Waals surface area contributed by atoms with Gasteiger partial charge in [-0.05, 0) is 26.0 Å². The van der Waals surface area contributed by atoms with Gasteiger partial charge in [-0.25, -0.2) is 9.97 Å². The first-order valence-electron chi connectivity index (χ1n) is 7.20. The molecular weight excluding hydrogens is 294 g/mol.